The van der Waals surface area contributed by atoms with Crippen LogP contribution in [0.5, 0.6) is 0 Å². The lowest BCUT2D eigenvalue weighted by atomic mass is 10.7. The Bertz CT molecular complexity index is 151. The van der Waals surface area contributed by atoms with Gasteiger partial charge in [-0.25, -0.2) is 0 Å². The third kappa shape index (κ3) is 7.87. The summed E-state index contributed by atoms with van der Waals surface area (Å²) in [5.41, 5.74) is 0. The quantitative estimate of drug-likeness (QED) is 0.423. The molecule has 0 saturated carbocycles. The molecular formula is C4H11NO3S. The SMILES string of the molecule is CNCCOS(C)(=O)=O. The maximum absolute atomic E-state index is 10.3. The summed E-state index contributed by atoms with van der Waals surface area (Å²) in [6.45, 7) is 0.752. The molecule has 0 aliphatic heterocycles. The van der Waals surface area contributed by atoms with Gasteiger partial charge in [0, 0.05) is 6.54 Å². The molecule has 9 heavy (non-hydrogen) atoms. The minimum Gasteiger partial charge on any atom is -0.317 e. The number of hydrogen-bond acceptors (Lipinski definition) is 4. The van der Waals surface area contributed by atoms with Gasteiger partial charge in [-0.15, -0.1) is 0 Å². The molecule has 1 N–H and O–H groups in total. The summed E-state index contributed by atoms with van der Waals surface area (Å²) >= 11 is 0. The van der Waals surface area contributed by atoms with Crippen LogP contribution in [0.2, 0.25) is 0 Å². The van der Waals surface area contributed by atoms with Crippen molar-refractivity contribution in [1.29, 1.82) is 0 Å². The smallest absolute Gasteiger partial charge is 0.264 e. The first-order valence-electron chi connectivity index (χ1n) is 2.55. The molecule has 0 saturated heterocycles. The first kappa shape index (κ1) is 8.87. The van der Waals surface area contributed by atoms with Crippen LogP contribution in [0.25, 0.3) is 0 Å². The van der Waals surface area contributed by atoms with E-state index in [1.165, 1.54) is 0 Å². The molecular weight excluding hydrogens is 142 g/mol. The number of nitrogens with one attached hydrogen (secondary N) is 1. The van der Waals surface area contributed by atoms with Gasteiger partial charge in [-0.3, -0.25) is 4.18 Å². The highest BCUT2D eigenvalue weighted by atomic mass is 32.2. The Balaban J connectivity index is 3.30. The molecule has 0 aliphatic rings. The second kappa shape index (κ2) is 3.81. The average molecular weight is 153 g/mol. The lowest BCUT2D eigenvalue weighted by Crippen LogP contribution is -2.16. The van der Waals surface area contributed by atoms with Crippen molar-refractivity contribution in [3.05, 3.63) is 0 Å². The van der Waals surface area contributed by atoms with Crippen molar-refractivity contribution >= 4 is 10.1 Å². The monoisotopic (exact) mass is 153 g/mol. The van der Waals surface area contributed by atoms with Crippen LogP contribution >= 0.6 is 0 Å². The van der Waals surface area contributed by atoms with Crippen molar-refractivity contribution in [2.24, 2.45) is 0 Å². The first-order valence-corrected chi connectivity index (χ1v) is 4.37. The zero-order chi connectivity index (χ0) is 7.33. The van der Waals surface area contributed by atoms with Gasteiger partial charge in [0.05, 0.1) is 12.9 Å². The van der Waals surface area contributed by atoms with Crippen molar-refractivity contribution < 1.29 is 12.6 Å². The van der Waals surface area contributed by atoms with E-state index in [0.717, 1.165) is 6.26 Å². The highest BCUT2D eigenvalue weighted by Gasteiger charge is 1.97. The average Bonchev–Trinajstić information content (AvgIpc) is 1.63. The van der Waals surface area contributed by atoms with Gasteiger partial charge in [0.15, 0.2) is 0 Å². The van der Waals surface area contributed by atoms with E-state index in [4.69, 9.17) is 0 Å². The fraction of sp³-hybridized carbons (Fsp3) is 1.00. The van der Waals surface area contributed by atoms with Crippen molar-refractivity contribution in [1.82, 2.24) is 5.32 Å². The fourth-order valence-electron chi connectivity index (χ4n) is 0.295. The molecule has 0 fully saturated rings. The summed E-state index contributed by atoms with van der Waals surface area (Å²) in [5, 5.41) is 2.75. The predicted molar refractivity (Wildman–Crippen MR) is 34.7 cm³/mol. The molecule has 0 aromatic carbocycles. The van der Waals surface area contributed by atoms with Crippen LogP contribution in [0.1, 0.15) is 0 Å². The molecule has 0 heterocycles. The summed E-state index contributed by atoms with van der Waals surface area (Å²) < 4.78 is 24.9. The van der Waals surface area contributed by atoms with Crippen LogP contribution in [-0.2, 0) is 14.3 Å². The van der Waals surface area contributed by atoms with Gasteiger partial charge >= 0.3 is 0 Å². The molecule has 0 rings (SSSR count). The second-order valence-electron chi connectivity index (χ2n) is 1.63. The Morgan fingerprint density at radius 3 is 2.44 bits per heavy atom. The lowest BCUT2D eigenvalue weighted by molar-refractivity contribution is 0.322. The van der Waals surface area contributed by atoms with Gasteiger partial charge in [0.2, 0.25) is 0 Å². The van der Waals surface area contributed by atoms with Crippen molar-refractivity contribution in [2.75, 3.05) is 26.5 Å². The van der Waals surface area contributed by atoms with Crippen LogP contribution < -0.4 is 5.32 Å². The van der Waals surface area contributed by atoms with Crippen molar-refractivity contribution in [3.63, 3.8) is 0 Å². The van der Waals surface area contributed by atoms with E-state index in [1.807, 2.05) is 0 Å². The van der Waals surface area contributed by atoms with Crippen LogP contribution in [0.4, 0.5) is 0 Å². The Hall–Kier alpha value is -0.130. The molecule has 0 aliphatic carbocycles. The Labute approximate surface area is 55.3 Å². The van der Waals surface area contributed by atoms with Gasteiger partial charge in [0.25, 0.3) is 10.1 Å². The maximum Gasteiger partial charge on any atom is 0.264 e. The molecule has 4 nitrogen and oxygen atoms in total. The maximum atomic E-state index is 10.3. The normalized spacial score (nSPS) is 11.8. The minimum atomic E-state index is -3.24. The van der Waals surface area contributed by atoms with Gasteiger partial charge in [-0.1, -0.05) is 0 Å². The van der Waals surface area contributed by atoms with E-state index in [-0.39, 0.29) is 6.61 Å². The second-order valence-corrected chi connectivity index (χ2v) is 3.27. The van der Waals surface area contributed by atoms with Gasteiger partial charge in [0.1, 0.15) is 0 Å². The van der Waals surface area contributed by atoms with Crippen molar-refractivity contribution in [3.8, 4) is 0 Å². The Kier molecular flexibility index (Phi) is 3.76. The number of hydrogen-bond donors (Lipinski definition) is 1. The van der Waals surface area contributed by atoms with E-state index in [2.05, 4.69) is 9.50 Å². The Morgan fingerprint density at radius 1 is 1.56 bits per heavy atom. The standard InChI is InChI=1S/C4H11NO3S/c1-5-3-4-8-9(2,6)7/h5H,3-4H2,1-2H3. The first-order chi connectivity index (χ1) is 4.06. The van der Waals surface area contributed by atoms with Gasteiger partial charge in [-0.05, 0) is 7.05 Å². The molecule has 0 radical (unpaired) electrons. The molecule has 0 bridgehead atoms. The van der Waals surface area contributed by atoms with E-state index in [1.54, 1.807) is 7.05 Å². The predicted octanol–water partition coefficient (Wildman–Crippen LogP) is -0.818. The molecule has 0 amide bonds. The van der Waals surface area contributed by atoms with Gasteiger partial charge < -0.3 is 5.32 Å². The summed E-state index contributed by atoms with van der Waals surface area (Å²) in [4.78, 5) is 0. The van der Waals surface area contributed by atoms with Crippen LogP contribution in [-0.4, -0.2) is 34.9 Å². The van der Waals surface area contributed by atoms with E-state index < -0.39 is 10.1 Å². The Morgan fingerprint density at radius 2 is 2.11 bits per heavy atom. The van der Waals surface area contributed by atoms with E-state index in [9.17, 15) is 8.42 Å². The zero-order valence-corrected chi connectivity index (χ0v) is 6.36. The number of rotatable bonds is 4. The third-order valence-electron chi connectivity index (χ3n) is 0.649. The number of likely N-dealkylation sites (N-methyl/N-ethyl adjacent to an activating group) is 1. The molecule has 5 heteroatoms. The fourth-order valence-corrected chi connectivity index (χ4v) is 0.681. The van der Waals surface area contributed by atoms with E-state index >= 15 is 0 Å². The highest BCUT2D eigenvalue weighted by Crippen LogP contribution is 1.82. The zero-order valence-electron chi connectivity index (χ0n) is 5.55. The molecule has 0 spiro atoms. The van der Waals surface area contributed by atoms with Gasteiger partial charge in [-0.2, -0.15) is 8.42 Å². The molecule has 0 unspecified atom stereocenters. The summed E-state index contributed by atoms with van der Waals surface area (Å²) in [7, 11) is -1.51. The largest absolute Gasteiger partial charge is 0.317 e. The van der Waals surface area contributed by atoms with Crippen LogP contribution in [0, 0.1) is 0 Å². The highest BCUT2D eigenvalue weighted by molar-refractivity contribution is 7.85. The van der Waals surface area contributed by atoms with Crippen LogP contribution in [0.3, 0.4) is 0 Å². The summed E-state index contributed by atoms with van der Waals surface area (Å²) in [6.07, 6.45) is 1.03. The minimum absolute atomic E-state index is 0.204. The summed E-state index contributed by atoms with van der Waals surface area (Å²) in [6, 6.07) is 0. The summed E-state index contributed by atoms with van der Waals surface area (Å²) in [5.74, 6) is 0. The van der Waals surface area contributed by atoms with Crippen LogP contribution in [0.15, 0.2) is 0 Å². The molecule has 0 aromatic rings. The molecule has 0 atom stereocenters. The molecule has 56 valence electrons. The third-order valence-corrected chi connectivity index (χ3v) is 1.24. The topological polar surface area (TPSA) is 55.4 Å². The van der Waals surface area contributed by atoms with E-state index in [0.29, 0.717) is 6.54 Å². The molecule has 0 aromatic heterocycles. The van der Waals surface area contributed by atoms with Crippen molar-refractivity contribution in [2.45, 2.75) is 0 Å². The lowest BCUT2D eigenvalue weighted by Gasteiger charge is -1.97.